The van der Waals surface area contributed by atoms with Gasteiger partial charge in [0.15, 0.2) is 0 Å². The van der Waals surface area contributed by atoms with E-state index in [0.717, 1.165) is 12.0 Å². The number of hydrogen-bond acceptors (Lipinski definition) is 4. The highest BCUT2D eigenvalue weighted by atomic mass is 35.5. The minimum Gasteiger partial charge on any atom is -0.478 e. The summed E-state index contributed by atoms with van der Waals surface area (Å²) in [6.07, 6.45) is 2.28. The Hall–Kier alpha value is -3.38. The third-order valence-corrected chi connectivity index (χ3v) is 4.42. The Morgan fingerprint density at radius 3 is 2.57 bits per heavy atom. The number of amides is 1. The minimum atomic E-state index is -1.12. The summed E-state index contributed by atoms with van der Waals surface area (Å²) in [6, 6.07) is 15.2. The Labute approximate surface area is 166 Å². The highest BCUT2D eigenvalue weighted by Crippen LogP contribution is 2.26. The highest BCUT2D eigenvalue weighted by molar-refractivity contribution is 6.33. The topological polar surface area (TPSA) is 91.9 Å². The molecule has 3 aromatic rings. The van der Waals surface area contributed by atoms with Gasteiger partial charge in [0.05, 0.1) is 16.8 Å². The summed E-state index contributed by atoms with van der Waals surface area (Å²) in [5.74, 6) is -0.574. The maximum absolute atomic E-state index is 12.1. The van der Waals surface area contributed by atoms with Crippen molar-refractivity contribution in [3.63, 3.8) is 0 Å². The van der Waals surface area contributed by atoms with Crippen molar-refractivity contribution in [1.29, 1.82) is 0 Å². The largest absolute Gasteiger partial charge is 0.478 e. The lowest BCUT2D eigenvalue weighted by molar-refractivity contribution is 0.0697. The minimum absolute atomic E-state index is 0.00728. The number of furan rings is 1. The Bertz CT molecular complexity index is 1040. The van der Waals surface area contributed by atoms with Crippen LogP contribution < -0.4 is 5.43 Å². The maximum atomic E-state index is 12.1. The number of carbonyl (C=O) groups excluding carboxylic acids is 1. The van der Waals surface area contributed by atoms with Gasteiger partial charge in [-0.25, -0.2) is 10.2 Å². The first-order valence-corrected chi connectivity index (χ1v) is 8.91. The number of carbonyl (C=O) groups is 2. The van der Waals surface area contributed by atoms with Gasteiger partial charge in [-0.2, -0.15) is 5.10 Å². The number of nitrogens with zero attached hydrogens (tertiary/aromatic N) is 1. The average Bonchev–Trinajstić information content (AvgIpc) is 3.17. The molecule has 0 bridgehead atoms. The van der Waals surface area contributed by atoms with Gasteiger partial charge in [0, 0.05) is 11.1 Å². The van der Waals surface area contributed by atoms with Crippen LogP contribution in [-0.2, 0) is 6.42 Å². The van der Waals surface area contributed by atoms with Gasteiger partial charge in [0.1, 0.15) is 11.5 Å². The van der Waals surface area contributed by atoms with Crippen molar-refractivity contribution in [3.8, 4) is 11.3 Å². The van der Waals surface area contributed by atoms with Crippen LogP contribution in [0.2, 0.25) is 5.02 Å². The van der Waals surface area contributed by atoms with Crippen LogP contribution in [0.25, 0.3) is 11.3 Å². The van der Waals surface area contributed by atoms with Crippen molar-refractivity contribution in [3.05, 3.63) is 82.1 Å². The van der Waals surface area contributed by atoms with E-state index < -0.39 is 5.97 Å². The predicted molar refractivity (Wildman–Crippen MR) is 107 cm³/mol. The van der Waals surface area contributed by atoms with Crippen LogP contribution in [0, 0.1) is 0 Å². The number of halogens is 1. The molecule has 2 aromatic carbocycles. The molecule has 2 N–H and O–H groups in total. The number of rotatable bonds is 6. The van der Waals surface area contributed by atoms with Gasteiger partial charge >= 0.3 is 5.97 Å². The summed E-state index contributed by atoms with van der Waals surface area (Å²) in [4.78, 5) is 23.3. The quantitative estimate of drug-likeness (QED) is 0.469. The van der Waals surface area contributed by atoms with Crippen LogP contribution in [0.1, 0.15) is 39.0 Å². The fourth-order valence-electron chi connectivity index (χ4n) is 2.53. The summed E-state index contributed by atoms with van der Waals surface area (Å²) < 4.78 is 5.63. The molecule has 142 valence electrons. The van der Waals surface area contributed by atoms with Crippen LogP contribution in [0.5, 0.6) is 0 Å². The normalized spacial score (nSPS) is 10.9. The van der Waals surface area contributed by atoms with E-state index in [1.807, 2.05) is 19.1 Å². The zero-order valence-electron chi connectivity index (χ0n) is 15.0. The molecular weight excluding hydrogens is 380 g/mol. The van der Waals surface area contributed by atoms with Gasteiger partial charge in [-0.3, -0.25) is 4.79 Å². The van der Waals surface area contributed by atoms with E-state index >= 15 is 0 Å². The molecule has 0 saturated heterocycles. The third-order valence-electron chi connectivity index (χ3n) is 4.09. The molecule has 0 saturated carbocycles. The van der Waals surface area contributed by atoms with Gasteiger partial charge in [-0.1, -0.05) is 30.7 Å². The van der Waals surface area contributed by atoms with Crippen molar-refractivity contribution < 1.29 is 19.1 Å². The van der Waals surface area contributed by atoms with Crippen LogP contribution in [0.3, 0.4) is 0 Å². The molecule has 0 aliphatic rings. The van der Waals surface area contributed by atoms with E-state index in [2.05, 4.69) is 10.5 Å². The van der Waals surface area contributed by atoms with Crippen LogP contribution in [-0.4, -0.2) is 23.2 Å². The van der Waals surface area contributed by atoms with Crippen molar-refractivity contribution in [2.75, 3.05) is 0 Å². The van der Waals surface area contributed by atoms with E-state index in [9.17, 15) is 9.59 Å². The Balaban J connectivity index is 1.68. The second kappa shape index (κ2) is 8.54. The Kier molecular flexibility index (Phi) is 5.91. The van der Waals surface area contributed by atoms with E-state index in [-0.39, 0.29) is 16.5 Å². The summed E-state index contributed by atoms with van der Waals surface area (Å²) >= 11 is 5.88. The number of aryl methyl sites for hydroxylation is 1. The molecule has 0 fully saturated rings. The SMILES string of the molecule is CCc1ccc(C(=O)N/N=C/c2ccc(-c3ccc(Cl)c(C(=O)O)c3)o2)cc1. The van der Waals surface area contributed by atoms with Crippen molar-refractivity contribution >= 4 is 29.7 Å². The van der Waals surface area contributed by atoms with Gasteiger partial charge in [-0.15, -0.1) is 0 Å². The molecule has 0 spiro atoms. The summed E-state index contributed by atoms with van der Waals surface area (Å²) in [7, 11) is 0. The van der Waals surface area contributed by atoms with E-state index in [1.54, 1.807) is 30.3 Å². The molecule has 0 aliphatic carbocycles. The lowest BCUT2D eigenvalue weighted by atomic mass is 10.1. The van der Waals surface area contributed by atoms with E-state index in [4.69, 9.17) is 21.1 Å². The molecule has 0 unspecified atom stereocenters. The molecule has 1 heterocycles. The number of hydrazone groups is 1. The smallest absolute Gasteiger partial charge is 0.337 e. The monoisotopic (exact) mass is 396 g/mol. The van der Waals surface area contributed by atoms with Gasteiger partial charge in [0.25, 0.3) is 5.91 Å². The first kappa shape index (κ1) is 19.4. The van der Waals surface area contributed by atoms with Crippen molar-refractivity contribution in [2.45, 2.75) is 13.3 Å². The zero-order valence-corrected chi connectivity index (χ0v) is 15.7. The summed E-state index contributed by atoms with van der Waals surface area (Å²) in [5, 5.41) is 13.2. The van der Waals surface area contributed by atoms with E-state index in [1.165, 1.54) is 18.3 Å². The van der Waals surface area contributed by atoms with Crippen LogP contribution in [0.15, 0.2) is 64.1 Å². The first-order valence-electron chi connectivity index (χ1n) is 8.53. The molecule has 3 rings (SSSR count). The van der Waals surface area contributed by atoms with Crippen molar-refractivity contribution in [1.82, 2.24) is 5.43 Å². The lowest BCUT2D eigenvalue weighted by Crippen LogP contribution is -2.17. The van der Waals surface area contributed by atoms with Gasteiger partial charge < -0.3 is 9.52 Å². The van der Waals surface area contributed by atoms with Gasteiger partial charge in [-0.05, 0) is 54.4 Å². The molecule has 7 heteroatoms. The van der Waals surface area contributed by atoms with E-state index in [0.29, 0.717) is 22.6 Å². The number of hydrogen-bond donors (Lipinski definition) is 2. The Morgan fingerprint density at radius 2 is 1.89 bits per heavy atom. The molecular formula is C21H17ClN2O4. The number of benzene rings is 2. The van der Waals surface area contributed by atoms with Crippen molar-refractivity contribution in [2.24, 2.45) is 5.10 Å². The maximum Gasteiger partial charge on any atom is 0.337 e. The lowest BCUT2D eigenvalue weighted by Gasteiger charge is -2.02. The first-order chi connectivity index (χ1) is 13.5. The number of carboxylic acids is 1. The molecule has 1 aromatic heterocycles. The van der Waals surface area contributed by atoms with Crippen LogP contribution >= 0.6 is 11.6 Å². The number of aromatic carboxylic acids is 1. The predicted octanol–water partition coefficient (Wildman–Crippen LogP) is 4.62. The third kappa shape index (κ3) is 4.47. The number of carboxylic acid groups (broad SMARTS) is 1. The summed E-state index contributed by atoms with van der Waals surface area (Å²) in [6.45, 7) is 2.05. The second-order valence-electron chi connectivity index (χ2n) is 5.95. The fourth-order valence-corrected chi connectivity index (χ4v) is 2.73. The molecule has 0 radical (unpaired) electrons. The second-order valence-corrected chi connectivity index (χ2v) is 6.36. The molecule has 0 aliphatic heterocycles. The zero-order chi connectivity index (χ0) is 20.1. The highest BCUT2D eigenvalue weighted by Gasteiger charge is 2.12. The average molecular weight is 397 g/mol. The van der Waals surface area contributed by atoms with Gasteiger partial charge in [0.2, 0.25) is 0 Å². The fraction of sp³-hybridized carbons (Fsp3) is 0.0952. The molecule has 28 heavy (non-hydrogen) atoms. The number of nitrogens with one attached hydrogen (secondary N) is 1. The molecule has 6 nitrogen and oxygen atoms in total. The standard InChI is InChI=1S/C21H17ClN2O4/c1-2-13-3-5-14(6-4-13)20(25)24-23-12-16-8-10-19(28-16)15-7-9-18(22)17(11-15)21(26)27/h3-12H,2H2,1H3,(H,24,25)(H,26,27)/b23-12+. The molecule has 0 atom stereocenters. The molecule has 1 amide bonds. The Morgan fingerprint density at radius 1 is 1.14 bits per heavy atom. The summed E-state index contributed by atoms with van der Waals surface area (Å²) in [5.41, 5.74) is 4.66. The van der Waals surface area contributed by atoms with Crippen LogP contribution in [0.4, 0.5) is 0 Å².